The summed E-state index contributed by atoms with van der Waals surface area (Å²) >= 11 is 0.864. The molecule has 0 aliphatic heterocycles. The van der Waals surface area contributed by atoms with Crippen LogP contribution in [0.3, 0.4) is 0 Å². The highest BCUT2D eigenvalue weighted by atomic mass is 32.2. The highest BCUT2D eigenvalue weighted by molar-refractivity contribution is 8.02. The molecule has 2 rings (SSSR count). The van der Waals surface area contributed by atoms with Gasteiger partial charge in [-0.25, -0.2) is 4.40 Å². The summed E-state index contributed by atoms with van der Waals surface area (Å²) < 4.78 is 5.95. The Bertz CT molecular complexity index is 755. The van der Waals surface area contributed by atoms with E-state index in [0.29, 0.717) is 0 Å². The maximum Gasteiger partial charge on any atom is 0.157 e. The Morgan fingerprint density at radius 3 is 2.27 bits per heavy atom. The van der Waals surface area contributed by atoms with Gasteiger partial charge in [-0.2, -0.15) is 5.26 Å². The fourth-order valence-electron chi connectivity index (χ4n) is 2.41. The summed E-state index contributed by atoms with van der Waals surface area (Å²) in [7, 11) is 1.95. The summed E-state index contributed by atoms with van der Waals surface area (Å²) in [6.07, 6.45) is 3.53. The predicted molar refractivity (Wildman–Crippen MR) is 94.1 cm³/mol. The van der Waals surface area contributed by atoms with Gasteiger partial charge in [0.1, 0.15) is 0 Å². The van der Waals surface area contributed by atoms with Crippen molar-refractivity contribution in [2.24, 2.45) is 16.4 Å². The topological polar surface area (TPSA) is 53.4 Å². The van der Waals surface area contributed by atoms with Crippen LogP contribution in [0, 0.1) is 31.4 Å². The number of nitriles is 1. The highest BCUT2D eigenvalue weighted by Crippen LogP contribution is 2.25. The molecule has 0 amide bonds. The SMILES string of the molecule is Cc1cc(C)c(N=Cc2ccc(/C=N/SC#N)n2C)c(C)c1. The molecular weight excluding hydrogens is 292 g/mol. The molecule has 0 aliphatic carbocycles. The zero-order chi connectivity index (χ0) is 16.1. The first-order chi connectivity index (χ1) is 10.5. The molecule has 0 atom stereocenters. The van der Waals surface area contributed by atoms with E-state index in [0.717, 1.165) is 29.0 Å². The number of nitrogens with zero attached hydrogens (tertiary/aromatic N) is 4. The van der Waals surface area contributed by atoms with Gasteiger partial charge >= 0.3 is 0 Å². The Balaban J connectivity index is 2.27. The number of benzene rings is 1. The second kappa shape index (κ2) is 7.10. The maximum absolute atomic E-state index is 8.47. The zero-order valence-electron chi connectivity index (χ0n) is 13.2. The Morgan fingerprint density at radius 2 is 1.68 bits per heavy atom. The number of aromatic nitrogens is 1. The molecule has 0 N–H and O–H groups in total. The third-order valence-corrected chi connectivity index (χ3v) is 3.73. The largest absolute Gasteiger partial charge is 0.342 e. The lowest BCUT2D eigenvalue weighted by molar-refractivity contribution is 0.910. The van der Waals surface area contributed by atoms with Crippen molar-refractivity contribution in [2.75, 3.05) is 0 Å². The maximum atomic E-state index is 8.47. The van der Waals surface area contributed by atoms with E-state index in [1.807, 2.05) is 35.4 Å². The van der Waals surface area contributed by atoms with Gasteiger partial charge in [-0.15, -0.1) is 0 Å². The molecule has 0 saturated heterocycles. The van der Waals surface area contributed by atoms with Crippen molar-refractivity contribution in [1.29, 1.82) is 5.26 Å². The molecule has 0 aliphatic rings. The first kappa shape index (κ1) is 16.1. The molecule has 0 bridgehead atoms. The second-order valence-corrected chi connectivity index (χ2v) is 5.74. The van der Waals surface area contributed by atoms with Crippen LogP contribution >= 0.6 is 11.9 Å². The molecule has 112 valence electrons. The van der Waals surface area contributed by atoms with Crippen LogP contribution in [-0.4, -0.2) is 17.0 Å². The Morgan fingerprint density at radius 1 is 1.09 bits per heavy atom. The molecule has 2 aromatic rings. The van der Waals surface area contributed by atoms with Crippen LogP contribution in [0.25, 0.3) is 0 Å². The van der Waals surface area contributed by atoms with E-state index in [2.05, 4.69) is 42.3 Å². The summed E-state index contributed by atoms with van der Waals surface area (Å²) in [5, 5.41) is 10.4. The van der Waals surface area contributed by atoms with Crippen molar-refractivity contribution in [3.05, 3.63) is 52.3 Å². The summed E-state index contributed by atoms with van der Waals surface area (Å²) in [6, 6.07) is 8.22. The summed E-state index contributed by atoms with van der Waals surface area (Å²) in [6.45, 7) is 6.25. The minimum absolute atomic E-state index is 0.864. The number of hydrogen-bond acceptors (Lipinski definition) is 4. The van der Waals surface area contributed by atoms with E-state index in [-0.39, 0.29) is 0 Å². The van der Waals surface area contributed by atoms with Crippen LogP contribution < -0.4 is 0 Å². The summed E-state index contributed by atoms with van der Waals surface area (Å²) in [4.78, 5) is 4.64. The third-order valence-electron chi connectivity index (χ3n) is 3.44. The minimum Gasteiger partial charge on any atom is -0.342 e. The van der Waals surface area contributed by atoms with Crippen LogP contribution in [0.5, 0.6) is 0 Å². The van der Waals surface area contributed by atoms with Crippen LogP contribution in [-0.2, 0) is 7.05 Å². The van der Waals surface area contributed by atoms with Crippen LogP contribution in [0.4, 0.5) is 5.69 Å². The molecule has 0 unspecified atom stereocenters. The molecule has 1 aromatic carbocycles. The van der Waals surface area contributed by atoms with Gasteiger partial charge in [0, 0.05) is 7.05 Å². The zero-order valence-corrected chi connectivity index (χ0v) is 14.0. The van der Waals surface area contributed by atoms with Crippen molar-refractivity contribution < 1.29 is 0 Å². The molecule has 0 radical (unpaired) electrons. The number of hydrogen-bond donors (Lipinski definition) is 0. The number of thiocyanates is 1. The first-order valence-electron chi connectivity index (χ1n) is 6.89. The van der Waals surface area contributed by atoms with Crippen molar-refractivity contribution in [3.63, 3.8) is 0 Å². The average Bonchev–Trinajstić information content (AvgIpc) is 2.79. The van der Waals surface area contributed by atoms with Gasteiger partial charge in [-0.05, 0) is 44.0 Å². The van der Waals surface area contributed by atoms with Gasteiger partial charge in [0.2, 0.25) is 0 Å². The van der Waals surface area contributed by atoms with Gasteiger partial charge in [0.25, 0.3) is 0 Å². The van der Waals surface area contributed by atoms with E-state index in [1.54, 1.807) is 6.21 Å². The summed E-state index contributed by atoms with van der Waals surface area (Å²) in [5.74, 6) is 0. The predicted octanol–water partition coefficient (Wildman–Crippen LogP) is 4.25. The van der Waals surface area contributed by atoms with Gasteiger partial charge < -0.3 is 4.57 Å². The normalized spacial score (nSPS) is 11.4. The van der Waals surface area contributed by atoms with E-state index in [9.17, 15) is 0 Å². The molecule has 1 aromatic heterocycles. The highest BCUT2D eigenvalue weighted by Gasteiger charge is 2.03. The van der Waals surface area contributed by atoms with Gasteiger partial charge in [-0.1, -0.05) is 17.7 Å². The second-order valence-electron chi connectivity index (χ2n) is 5.16. The van der Waals surface area contributed by atoms with E-state index < -0.39 is 0 Å². The van der Waals surface area contributed by atoms with Gasteiger partial charge in [0.05, 0.1) is 41.5 Å². The monoisotopic (exact) mass is 310 g/mol. The molecule has 22 heavy (non-hydrogen) atoms. The molecule has 5 heteroatoms. The number of rotatable bonds is 4. The third kappa shape index (κ3) is 3.66. The Labute approximate surface area is 135 Å². The lowest BCUT2D eigenvalue weighted by Gasteiger charge is -2.06. The van der Waals surface area contributed by atoms with E-state index in [4.69, 9.17) is 5.26 Å². The minimum atomic E-state index is 0.864. The molecule has 0 saturated carbocycles. The molecule has 0 spiro atoms. The fourth-order valence-corrected chi connectivity index (χ4v) is 2.62. The number of aryl methyl sites for hydroxylation is 3. The molecule has 1 heterocycles. The quantitative estimate of drug-likeness (QED) is 0.481. The lowest BCUT2D eigenvalue weighted by atomic mass is 10.1. The standard InChI is InChI=1S/C17H18N4S/c1-12-7-13(2)17(14(3)8-12)19-9-15-5-6-16(21(15)4)10-20-22-11-18/h5-10H,1-4H3/b19-9?,20-10+. The van der Waals surface area contributed by atoms with Gasteiger partial charge in [-0.3, -0.25) is 4.99 Å². The Kier molecular flexibility index (Phi) is 5.18. The van der Waals surface area contributed by atoms with Crippen molar-refractivity contribution in [2.45, 2.75) is 20.8 Å². The molecule has 0 fully saturated rings. The smallest absolute Gasteiger partial charge is 0.157 e. The molecular formula is C17H18N4S. The summed E-state index contributed by atoms with van der Waals surface area (Å²) in [5.41, 5.74) is 6.54. The van der Waals surface area contributed by atoms with Crippen molar-refractivity contribution in [1.82, 2.24) is 4.57 Å². The fraction of sp³-hybridized carbons (Fsp3) is 0.235. The molecule has 4 nitrogen and oxygen atoms in total. The lowest BCUT2D eigenvalue weighted by Crippen LogP contribution is -1.99. The van der Waals surface area contributed by atoms with Crippen molar-refractivity contribution >= 4 is 30.1 Å². The van der Waals surface area contributed by atoms with Gasteiger partial charge in [0.15, 0.2) is 5.40 Å². The van der Waals surface area contributed by atoms with Crippen LogP contribution in [0.2, 0.25) is 0 Å². The number of aliphatic imine (C=N–C) groups is 1. The van der Waals surface area contributed by atoms with Crippen molar-refractivity contribution in [3.8, 4) is 5.40 Å². The van der Waals surface area contributed by atoms with E-state index >= 15 is 0 Å². The van der Waals surface area contributed by atoms with E-state index in [1.165, 1.54) is 16.7 Å². The van der Waals surface area contributed by atoms with Crippen LogP contribution in [0.15, 0.2) is 33.7 Å². The first-order valence-corrected chi connectivity index (χ1v) is 7.66. The van der Waals surface area contributed by atoms with Crippen LogP contribution in [0.1, 0.15) is 28.1 Å². The average molecular weight is 310 g/mol. The Hall–Kier alpha value is -2.32.